The van der Waals surface area contributed by atoms with Gasteiger partial charge in [-0.25, -0.2) is 8.42 Å². The first kappa shape index (κ1) is 13.4. The van der Waals surface area contributed by atoms with E-state index in [4.69, 9.17) is 16.7 Å². The highest BCUT2D eigenvalue weighted by Gasteiger charge is 2.54. The molecule has 3 heterocycles. The van der Waals surface area contributed by atoms with E-state index < -0.39 is 28.0 Å². The van der Waals surface area contributed by atoms with Crippen LogP contribution >= 0.6 is 22.9 Å². The Bertz CT molecular complexity index is 626. The third-order valence-corrected chi connectivity index (χ3v) is 7.86. The Morgan fingerprint density at radius 3 is 2.74 bits per heavy atom. The standard InChI is InChI=1S/C11H12ClNO4S2/c12-8-3-4-18-11(8)19(16,17)13-6-1-2-9(13)7(5-6)10(14)15/h3-4,6-7,9H,1-2,5H2,(H,14,15). The molecule has 0 saturated carbocycles. The molecule has 2 bridgehead atoms. The summed E-state index contributed by atoms with van der Waals surface area (Å²) in [7, 11) is -3.67. The number of hydrogen-bond acceptors (Lipinski definition) is 4. The van der Waals surface area contributed by atoms with Crippen molar-refractivity contribution >= 4 is 38.9 Å². The van der Waals surface area contributed by atoms with Gasteiger partial charge in [0, 0.05) is 12.1 Å². The molecule has 2 aliphatic rings. The first-order valence-corrected chi connectivity index (χ1v) is 8.62. The molecular formula is C11H12ClNO4S2. The molecule has 0 aromatic carbocycles. The molecule has 0 aliphatic carbocycles. The summed E-state index contributed by atoms with van der Waals surface area (Å²) in [5, 5.41) is 11.0. The van der Waals surface area contributed by atoms with Gasteiger partial charge in [0.25, 0.3) is 10.0 Å². The summed E-state index contributed by atoms with van der Waals surface area (Å²) in [6.45, 7) is 0. The molecule has 3 rings (SSSR count). The maximum Gasteiger partial charge on any atom is 0.308 e. The minimum atomic E-state index is -3.67. The monoisotopic (exact) mass is 321 g/mol. The van der Waals surface area contributed by atoms with Crippen LogP contribution in [0.3, 0.4) is 0 Å². The number of hydrogen-bond donors (Lipinski definition) is 1. The third-order valence-electron chi connectivity index (χ3n) is 3.89. The molecule has 2 aliphatic heterocycles. The molecule has 104 valence electrons. The highest BCUT2D eigenvalue weighted by atomic mass is 35.5. The second-order valence-corrected chi connectivity index (χ2v) is 8.23. The number of sulfonamides is 1. The Morgan fingerprint density at radius 1 is 1.47 bits per heavy atom. The van der Waals surface area contributed by atoms with Crippen LogP contribution < -0.4 is 0 Å². The minimum Gasteiger partial charge on any atom is -0.481 e. The molecule has 19 heavy (non-hydrogen) atoms. The number of carbonyl (C=O) groups is 1. The Balaban J connectivity index is 2.00. The highest BCUT2D eigenvalue weighted by Crippen LogP contribution is 2.46. The van der Waals surface area contributed by atoms with E-state index in [0.717, 1.165) is 17.8 Å². The number of thiophene rings is 1. The molecule has 5 nitrogen and oxygen atoms in total. The fourth-order valence-corrected chi connectivity index (χ4v) is 6.82. The van der Waals surface area contributed by atoms with Gasteiger partial charge in [0.15, 0.2) is 4.21 Å². The van der Waals surface area contributed by atoms with E-state index in [9.17, 15) is 13.2 Å². The van der Waals surface area contributed by atoms with Gasteiger partial charge in [0.2, 0.25) is 0 Å². The van der Waals surface area contributed by atoms with Crippen molar-refractivity contribution in [3.63, 3.8) is 0 Å². The number of carboxylic acid groups (broad SMARTS) is 1. The first-order chi connectivity index (χ1) is 8.93. The van der Waals surface area contributed by atoms with Crippen molar-refractivity contribution < 1.29 is 18.3 Å². The van der Waals surface area contributed by atoms with E-state index in [1.807, 2.05) is 0 Å². The topological polar surface area (TPSA) is 74.7 Å². The van der Waals surface area contributed by atoms with Gasteiger partial charge in [-0.3, -0.25) is 4.79 Å². The van der Waals surface area contributed by atoms with Gasteiger partial charge in [-0.1, -0.05) is 11.6 Å². The Kier molecular flexibility index (Phi) is 3.12. The van der Waals surface area contributed by atoms with Crippen molar-refractivity contribution in [1.29, 1.82) is 0 Å². The van der Waals surface area contributed by atoms with Gasteiger partial charge < -0.3 is 5.11 Å². The van der Waals surface area contributed by atoms with Crippen molar-refractivity contribution in [3.8, 4) is 0 Å². The van der Waals surface area contributed by atoms with E-state index in [-0.39, 0.29) is 15.3 Å². The second-order valence-electron chi connectivity index (χ2n) is 4.87. The van der Waals surface area contributed by atoms with E-state index in [0.29, 0.717) is 12.8 Å². The van der Waals surface area contributed by atoms with E-state index >= 15 is 0 Å². The zero-order chi connectivity index (χ0) is 13.8. The predicted octanol–water partition coefficient (Wildman–Crippen LogP) is 2.03. The lowest BCUT2D eigenvalue weighted by molar-refractivity contribution is -0.142. The van der Waals surface area contributed by atoms with Crippen molar-refractivity contribution in [2.24, 2.45) is 5.92 Å². The quantitative estimate of drug-likeness (QED) is 0.924. The molecule has 0 radical (unpaired) electrons. The average Bonchev–Trinajstić information content (AvgIpc) is 3.01. The van der Waals surface area contributed by atoms with E-state index in [2.05, 4.69) is 0 Å². The van der Waals surface area contributed by atoms with E-state index in [1.54, 1.807) is 11.4 Å². The Morgan fingerprint density at radius 2 is 2.21 bits per heavy atom. The molecule has 0 spiro atoms. The van der Waals surface area contributed by atoms with Crippen LogP contribution in [-0.4, -0.2) is 35.9 Å². The summed E-state index contributed by atoms with van der Waals surface area (Å²) in [4.78, 5) is 11.2. The van der Waals surface area contributed by atoms with Crippen molar-refractivity contribution in [3.05, 3.63) is 16.5 Å². The zero-order valence-corrected chi connectivity index (χ0v) is 12.2. The SMILES string of the molecule is O=C(O)C1CC2CCC1N2S(=O)(=O)c1sccc1Cl. The van der Waals surface area contributed by atoms with Crippen LogP contribution in [0.4, 0.5) is 0 Å². The van der Waals surface area contributed by atoms with Crippen LogP contribution in [-0.2, 0) is 14.8 Å². The van der Waals surface area contributed by atoms with Crippen LogP contribution in [0.1, 0.15) is 19.3 Å². The lowest BCUT2D eigenvalue weighted by atomic mass is 9.89. The Labute approximate surface area is 119 Å². The van der Waals surface area contributed by atoms with Crippen molar-refractivity contribution in [1.82, 2.24) is 4.31 Å². The van der Waals surface area contributed by atoms with Gasteiger partial charge in [-0.05, 0) is 30.7 Å². The summed E-state index contributed by atoms with van der Waals surface area (Å²) in [5.74, 6) is -1.50. The Hall–Kier alpha value is -0.630. The van der Waals surface area contributed by atoms with E-state index in [1.165, 1.54) is 4.31 Å². The van der Waals surface area contributed by atoms with Crippen LogP contribution in [0.15, 0.2) is 15.7 Å². The molecule has 3 unspecified atom stereocenters. The predicted molar refractivity (Wildman–Crippen MR) is 70.9 cm³/mol. The number of carboxylic acids is 1. The maximum atomic E-state index is 12.6. The largest absolute Gasteiger partial charge is 0.481 e. The first-order valence-electron chi connectivity index (χ1n) is 5.92. The fraction of sp³-hybridized carbons (Fsp3) is 0.545. The number of fused-ring (bicyclic) bond motifs is 2. The zero-order valence-electron chi connectivity index (χ0n) is 9.82. The smallest absolute Gasteiger partial charge is 0.308 e. The molecule has 1 N–H and O–H groups in total. The lowest BCUT2D eigenvalue weighted by Crippen LogP contribution is -2.37. The van der Waals surface area contributed by atoms with Gasteiger partial charge in [-0.15, -0.1) is 11.3 Å². The average molecular weight is 322 g/mol. The second kappa shape index (κ2) is 4.44. The third kappa shape index (κ3) is 1.91. The van der Waals surface area contributed by atoms with Crippen LogP contribution in [0.5, 0.6) is 0 Å². The van der Waals surface area contributed by atoms with Gasteiger partial charge in [-0.2, -0.15) is 4.31 Å². The number of nitrogens with zero attached hydrogens (tertiary/aromatic N) is 1. The van der Waals surface area contributed by atoms with Gasteiger partial charge in [0.05, 0.1) is 10.9 Å². The number of aliphatic carboxylic acids is 1. The molecule has 8 heteroatoms. The van der Waals surface area contributed by atoms with Crippen molar-refractivity contribution in [2.75, 3.05) is 0 Å². The number of rotatable bonds is 3. The molecule has 0 amide bonds. The van der Waals surface area contributed by atoms with Crippen LogP contribution in [0.2, 0.25) is 5.02 Å². The molecule has 1 aromatic rings. The lowest BCUT2D eigenvalue weighted by Gasteiger charge is -2.21. The molecule has 2 saturated heterocycles. The summed E-state index contributed by atoms with van der Waals surface area (Å²) >= 11 is 6.98. The normalized spacial score (nSPS) is 30.9. The summed E-state index contributed by atoms with van der Waals surface area (Å²) in [6.07, 6.45) is 1.75. The minimum absolute atomic E-state index is 0.122. The van der Waals surface area contributed by atoms with Gasteiger partial charge in [0.1, 0.15) is 0 Å². The van der Waals surface area contributed by atoms with Crippen LogP contribution in [0, 0.1) is 5.92 Å². The summed E-state index contributed by atoms with van der Waals surface area (Å²) < 4.78 is 26.7. The maximum absolute atomic E-state index is 12.6. The fourth-order valence-electron chi connectivity index (χ4n) is 3.14. The number of halogens is 1. The summed E-state index contributed by atoms with van der Waals surface area (Å²) in [5.41, 5.74) is 0. The molecular weight excluding hydrogens is 310 g/mol. The summed E-state index contributed by atoms with van der Waals surface area (Å²) in [6, 6.07) is 0.922. The van der Waals surface area contributed by atoms with Crippen molar-refractivity contribution in [2.45, 2.75) is 35.6 Å². The van der Waals surface area contributed by atoms with Crippen LogP contribution in [0.25, 0.3) is 0 Å². The van der Waals surface area contributed by atoms with Gasteiger partial charge >= 0.3 is 5.97 Å². The molecule has 3 atom stereocenters. The molecule has 2 fully saturated rings. The molecule has 1 aromatic heterocycles. The highest BCUT2D eigenvalue weighted by molar-refractivity contribution is 7.91.